The Hall–Kier alpha value is -1.04. The smallest absolute Gasteiger partial charge is 0.343 e. The highest BCUT2D eigenvalue weighted by Crippen LogP contribution is 2.20. The minimum atomic E-state index is -4.37. The van der Waals surface area contributed by atoms with Gasteiger partial charge in [0.1, 0.15) is 6.54 Å². The molecule has 0 bridgehead atoms. The third-order valence-electron chi connectivity index (χ3n) is 1.73. The number of carbonyl (C=O) groups excluding carboxylic acids is 1. The molecule has 84 valence electrons. The fraction of sp³-hybridized carbons (Fsp3) is 0.444. The fourth-order valence-electron chi connectivity index (χ4n) is 1.13. The molecule has 2 nitrogen and oxygen atoms in total. The maximum absolute atomic E-state index is 11.8. The van der Waals surface area contributed by atoms with Crippen molar-refractivity contribution in [3.05, 3.63) is 21.4 Å². The van der Waals surface area contributed by atoms with E-state index in [9.17, 15) is 18.0 Å². The van der Waals surface area contributed by atoms with Gasteiger partial charge in [0.15, 0.2) is 0 Å². The molecule has 0 aliphatic carbocycles. The van der Waals surface area contributed by atoms with Gasteiger partial charge in [0.05, 0.1) is 5.56 Å². The lowest BCUT2D eigenvalue weighted by Gasteiger charge is -2.07. The van der Waals surface area contributed by atoms with Crippen molar-refractivity contribution in [1.29, 1.82) is 0 Å². The van der Waals surface area contributed by atoms with Crippen LogP contribution in [0.4, 0.5) is 13.2 Å². The molecule has 0 saturated heterocycles. The second-order valence-electron chi connectivity index (χ2n) is 3.12. The molecule has 0 saturated carbocycles. The highest BCUT2D eigenvalue weighted by Gasteiger charge is 2.28. The topological polar surface area (TPSA) is 29.1 Å². The van der Waals surface area contributed by atoms with Crippen molar-refractivity contribution in [2.24, 2.45) is 0 Å². The molecule has 0 radical (unpaired) electrons. The number of rotatable bonds is 2. The van der Waals surface area contributed by atoms with Gasteiger partial charge >= 0.3 is 6.18 Å². The van der Waals surface area contributed by atoms with Gasteiger partial charge < -0.3 is 5.32 Å². The van der Waals surface area contributed by atoms with Crippen LogP contribution in [0.3, 0.4) is 0 Å². The number of nitrogens with one attached hydrogen (secondary N) is 1. The summed E-state index contributed by atoms with van der Waals surface area (Å²) in [6.07, 6.45) is -4.37. The summed E-state index contributed by atoms with van der Waals surface area (Å²) < 4.78 is 35.5. The van der Waals surface area contributed by atoms with Crippen molar-refractivity contribution < 1.29 is 18.0 Å². The lowest BCUT2D eigenvalue weighted by molar-refractivity contribution is -0.123. The molecule has 0 aliphatic heterocycles. The number of carbonyl (C=O) groups is 1. The predicted octanol–water partition coefficient (Wildman–Crippen LogP) is 2.66. The van der Waals surface area contributed by atoms with Crippen LogP contribution < -0.4 is 5.32 Å². The number of hydrogen-bond donors (Lipinski definition) is 1. The summed E-state index contributed by atoms with van der Waals surface area (Å²) in [5.74, 6) is -0.672. The summed E-state index contributed by atoms with van der Waals surface area (Å²) in [4.78, 5) is 13.0. The van der Waals surface area contributed by atoms with E-state index in [2.05, 4.69) is 0 Å². The Bertz CT molecular complexity index is 370. The molecule has 1 amide bonds. The van der Waals surface area contributed by atoms with E-state index in [4.69, 9.17) is 0 Å². The van der Waals surface area contributed by atoms with Crippen molar-refractivity contribution in [3.63, 3.8) is 0 Å². The lowest BCUT2D eigenvalue weighted by Crippen LogP contribution is -2.33. The summed E-state index contributed by atoms with van der Waals surface area (Å²) in [7, 11) is 0. The lowest BCUT2D eigenvalue weighted by atomic mass is 10.2. The molecule has 0 aliphatic rings. The minimum absolute atomic E-state index is 0.321. The monoisotopic (exact) mass is 237 g/mol. The number of amides is 1. The average Bonchev–Trinajstić information content (AvgIpc) is 2.40. The summed E-state index contributed by atoms with van der Waals surface area (Å²) >= 11 is 1.39. The van der Waals surface area contributed by atoms with Gasteiger partial charge in [0, 0.05) is 9.75 Å². The molecule has 15 heavy (non-hydrogen) atoms. The van der Waals surface area contributed by atoms with Gasteiger partial charge in [-0.3, -0.25) is 4.79 Å². The van der Waals surface area contributed by atoms with Gasteiger partial charge in [0.2, 0.25) is 0 Å². The highest BCUT2D eigenvalue weighted by molar-refractivity contribution is 7.12. The Morgan fingerprint density at radius 3 is 2.47 bits per heavy atom. The van der Waals surface area contributed by atoms with Crippen molar-refractivity contribution in [1.82, 2.24) is 5.32 Å². The molecular weight excluding hydrogens is 227 g/mol. The van der Waals surface area contributed by atoms with Gasteiger partial charge in [-0.1, -0.05) is 0 Å². The maximum Gasteiger partial charge on any atom is 0.405 e. The molecule has 1 rings (SSSR count). The first-order valence-electron chi connectivity index (χ1n) is 4.21. The molecule has 1 N–H and O–H groups in total. The highest BCUT2D eigenvalue weighted by atomic mass is 32.1. The van der Waals surface area contributed by atoms with E-state index < -0.39 is 18.6 Å². The van der Waals surface area contributed by atoms with Crippen LogP contribution in [0.15, 0.2) is 6.07 Å². The van der Waals surface area contributed by atoms with Gasteiger partial charge in [-0.2, -0.15) is 13.2 Å². The molecular formula is C9H10F3NOS. The molecule has 1 heterocycles. The van der Waals surface area contributed by atoms with Crippen molar-refractivity contribution >= 4 is 17.2 Å². The Morgan fingerprint density at radius 2 is 2.07 bits per heavy atom. The van der Waals surface area contributed by atoms with Crippen molar-refractivity contribution in [3.8, 4) is 0 Å². The zero-order valence-electron chi connectivity index (χ0n) is 8.23. The fourth-order valence-corrected chi connectivity index (χ4v) is 2.05. The SMILES string of the molecule is Cc1cc(C(=O)NCC(F)(F)F)c(C)s1. The Morgan fingerprint density at radius 1 is 1.47 bits per heavy atom. The third kappa shape index (κ3) is 3.54. The van der Waals surface area contributed by atoms with E-state index in [1.54, 1.807) is 19.9 Å². The Balaban J connectivity index is 2.66. The molecule has 1 aromatic rings. The number of alkyl halides is 3. The average molecular weight is 237 g/mol. The van der Waals surface area contributed by atoms with E-state index in [0.717, 1.165) is 9.75 Å². The van der Waals surface area contributed by atoms with Gasteiger partial charge in [-0.15, -0.1) is 11.3 Å². The Kier molecular flexibility index (Phi) is 3.38. The number of halogens is 3. The van der Waals surface area contributed by atoms with Crippen molar-refractivity contribution in [2.45, 2.75) is 20.0 Å². The number of thiophene rings is 1. The van der Waals surface area contributed by atoms with E-state index in [0.29, 0.717) is 5.56 Å². The first-order chi connectivity index (χ1) is 6.79. The van der Waals surface area contributed by atoms with Crippen LogP contribution in [0.2, 0.25) is 0 Å². The van der Waals surface area contributed by atoms with E-state index in [1.165, 1.54) is 11.3 Å². The standard InChI is InChI=1S/C9H10F3NOS/c1-5-3-7(6(2)15-5)8(14)13-4-9(10,11)12/h3H,4H2,1-2H3,(H,13,14). The van der Waals surface area contributed by atoms with Crippen molar-refractivity contribution in [2.75, 3.05) is 6.54 Å². The molecule has 0 aromatic carbocycles. The molecule has 0 unspecified atom stereocenters. The summed E-state index contributed by atoms with van der Waals surface area (Å²) in [5.41, 5.74) is 0.321. The summed E-state index contributed by atoms with van der Waals surface area (Å²) in [6.45, 7) is 2.22. The van der Waals surface area contributed by atoms with E-state index in [1.807, 2.05) is 5.32 Å². The van der Waals surface area contributed by atoms with Gasteiger partial charge in [-0.05, 0) is 19.9 Å². The largest absolute Gasteiger partial charge is 0.405 e. The Labute approximate surface area is 89.1 Å². The zero-order valence-corrected chi connectivity index (χ0v) is 9.05. The number of hydrogen-bond acceptors (Lipinski definition) is 2. The molecule has 0 atom stereocenters. The molecule has 0 spiro atoms. The van der Waals surface area contributed by atoms with Crippen LogP contribution in [0, 0.1) is 13.8 Å². The first-order valence-corrected chi connectivity index (χ1v) is 5.03. The molecule has 0 fully saturated rings. The van der Waals surface area contributed by atoms with Crippen LogP contribution in [0.5, 0.6) is 0 Å². The first kappa shape index (κ1) is 12.0. The van der Waals surface area contributed by atoms with Crippen LogP contribution in [0.1, 0.15) is 20.1 Å². The van der Waals surface area contributed by atoms with Crippen LogP contribution >= 0.6 is 11.3 Å². The van der Waals surface area contributed by atoms with E-state index >= 15 is 0 Å². The van der Waals surface area contributed by atoms with E-state index in [-0.39, 0.29) is 0 Å². The third-order valence-corrected chi connectivity index (χ3v) is 2.70. The molecule has 6 heteroatoms. The molecule has 1 aromatic heterocycles. The predicted molar refractivity (Wildman–Crippen MR) is 52.2 cm³/mol. The maximum atomic E-state index is 11.8. The second kappa shape index (κ2) is 4.22. The summed E-state index contributed by atoms with van der Waals surface area (Å²) in [5, 5.41) is 1.84. The zero-order chi connectivity index (χ0) is 11.6. The second-order valence-corrected chi connectivity index (χ2v) is 4.59. The quantitative estimate of drug-likeness (QED) is 0.841. The van der Waals surface area contributed by atoms with Gasteiger partial charge in [0.25, 0.3) is 5.91 Å². The van der Waals surface area contributed by atoms with Crippen LogP contribution in [-0.2, 0) is 0 Å². The normalized spacial score (nSPS) is 11.5. The minimum Gasteiger partial charge on any atom is -0.343 e. The van der Waals surface area contributed by atoms with Crippen LogP contribution in [-0.4, -0.2) is 18.6 Å². The number of aryl methyl sites for hydroxylation is 2. The summed E-state index contributed by atoms with van der Waals surface area (Å²) in [6, 6.07) is 1.59. The van der Waals surface area contributed by atoms with Crippen LogP contribution in [0.25, 0.3) is 0 Å². The van der Waals surface area contributed by atoms with Gasteiger partial charge in [-0.25, -0.2) is 0 Å².